The van der Waals surface area contributed by atoms with E-state index in [2.05, 4.69) is 26.2 Å². The third-order valence-corrected chi connectivity index (χ3v) is 3.76. The summed E-state index contributed by atoms with van der Waals surface area (Å²) in [7, 11) is 0. The molecule has 0 spiro atoms. The molecule has 1 heterocycles. The summed E-state index contributed by atoms with van der Waals surface area (Å²) in [5, 5.41) is 2.90. The van der Waals surface area contributed by atoms with Crippen LogP contribution in [-0.4, -0.2) is 17.4 Å². The normalized spacial score (nSPS) is 23.6. The maximum atomic E-state index is 12.1. The van der Waals surface area contributed by atoms with Crippen molar-refractivity contribution in [1.29, 1.82) is 0 Å². The lowest BCUT2D eigenvalue weighted by Crippen LogP contribution is -2.29. The minimum Gasteiger partial charge on any atom is -0.330 e. The summed E-state index contributed by atoms with van der Waals surface area (Å²) in [6.45, 7) is 0.594. The maximum Gasteiger partial charge on any atom is 0.227 e. The molecular formula is C12H16BrN3O. The van der Waals surface area contributed by atoms with Crippen LogP contribution in [0.4, 0.5) is 5.69 Å². The number of carbonyl (C=O) groups excluding carboxylic acids is 1. The highest BCUT2D eigenvalue weighted by Crippen LogP contribution is 2.31. The smallest absolute Gasteiger partial charge is 0.227 e. The van der Waals surface area contributed by atoms with Gasteiger partial charge < -0.3 is 11.1 Å². The predicted octanol–water partition coefficient (Wildman–Crippen LogP) is 2.16. The molecule has 1 aliphatic rings. The van der Waals surface area contributed by atoms with Crippen molar-refractivity contribution in [3.05, 3.63) is 22.9 Å². The zero-order valence-corrected chi connectivity index (χ0v) is 11.1. The highest BCUT2D eigenvalue weighted by Gasteiger charge is 2.31. The third kappa shape index (κ3) is 3.04. The molecule has 1 fully saturated rings. The number of halogens is 1. The van der Waals surface area contributed by atoms with Crippen molar-refractivity contribution >= 4 is 27.5 Å². The largest absolute Gasteiger partial charge is 0.330 e. The molecular weight excluding hydrogens is 282 g/mol. The van der Waals surface area contributed by atoms with Gasteiger partial charge in [0, 0.05) is 5.92 Å². The Labute approximate surface area is 109 Å². The average Bonchev–Trinajstić information content (AvgIpc) is 2.80. The number of anilines is 1. The number of nitrogens with zero attached hydrogens (tertiary/aromatic N) is 1. The van der Waals surface area contributed by atoms with Crippen molar-refractivity contribution < 1.29 is 4.79 Å². The molecule has 2 rings (SSSR count). The summed E-state index contributed by atoms with van der Waals surface area (Å²) in [6, 6.07) is 3.64. The van der Waals surface area contributed by atoms with Gasteiger partial charge in [0.2, 0.25) is 5.91 Å². The monoisotopic (exact) mass is 297 g/mol. The van der Waals surface area contributed by atoms with Crippen LogP contribution in [0.5, 0.6) is 0 Å². The van der Waals surface area contributed by atoms with Crippen molar-refractivity contribution in [1.82, 2.24) is 4.98 Å². The number of amides is 1. The van der Waals surface area contributed by atoms with Gasteiger partial charge in [0.05, 0.1) is 11.9 Å². The van der Waals surface area contributed by atoms with E-state index in [1.807, 2.05) is 12.1 Å². The van der Waals surface area contributed by atoms with Gasteiger partial charge in [0.1, 0.15) is 4.60 Å². The fourth-order valence-corrected chi connectivity index (χ4v) is 2.58. The molecule has 92 valence electrons. The zero-order chi connectivity index (χ0) is 12.3. The number of nitrogens with one attached hydrogen (secondary N) is 1. The van der Waals surface area contributed by atoms with Gasteiger partial charge in [-0.1, -0.05) is 6.42 Å². The molecule has 0 bridgehead atoms. The second-order valence-corrected chi connectivity index (χ2v) is 5.20. The fourth-order valence-electron chi connectivity index (χ4n) is 2.35. The lowest BCUT2D eigenvalue weighted by Gasteiger charge is -2.17. The summed E-state index contributed by atoms with van der Waals surface area (Å²) in [5.41, 5.74) is 6.41. The summed E-state index contributed by atoms with van der Waals surface area (Å²) < 4.78 is 0.760. The van der Waals surface area contributed by atoms with Gasteiger partial charge in [-0.05, 0) is 53.4 Å². The number of nitrogens with two attached hydrogens (primary N) is 1. The van der Waals surface area contributed by atoms with E-state index < -0.39 is 0 Å². The molecule has 3 N–H and O–H groups in total. The molecule has 1 aromatic heterocycles. The Hall–Kier alpha value is -0.940. The minimum atomic E-state index is 0.0589. The van der Waals surface area contributed by atoms with Crippen LogP contribution < -0.4 is 11.1 Å². The van der Waals surface area contributed by atoms with Gasteiger partial charge in [0.25, 0.3) is 0 Å². The molecule has 1 aliphatic carbocycles. The predicted molar refractivity (Wildman–Crippen MR) is 70.5 cm³/mol. The first kappa shape index (κ1) is 12.5. The Balaban J connectivity index is 1.99. The van der Waals surface area contributed by atoms with E-state index in [-0.39, 0.29) is 11.8 Å². The lowest BCUT2D eigenvalue weighted by molar-refractivity contribution is -0.120. The van der Waals surface area contributed by atoms with Crippen LogP contribution in [0.2, 0.25) is 0 Å². The zero-order valence-electron chi connectivity index (χ0n) is 9.53. The second-order valence-electron chi connectivity index (χ2n) is 4.39. The Bertz CT molecular complexity index is 393. The van der Waals surface area contributed by atoms with E-state index in [9.17, 15) is 4.79 Å². The number of rotatable bonds is 3. The van der Waals surface area contributed by atoms with Gasteiger partial charge in [-0.3, -0.25) is 4.79 Å². The molecule has 0 aromatic carbocycles. The number of carbonyl (C=O) groups is 1. The van der Waals surface area contributed by atoms with Gasteiger partial charge in [-0.2, -0.15) is 0 Å². The standard InChI is InChI=1S/C12H16BrN3O/c13-11-5-4-9(7-15-11)16-12(17)10-3-1-2-8(10)6-14/h4-5,7-8,10H,1-3,6,14H2,(H,16,17). The summed E-state index contributed by atoms with van der Waals surface area (Å²) in [6.07, 6.45) is 4.75. The molecule has 1 aromatic rings. The van der Waals surface area contributed by atoms with Crippen LogP contribution in [0, 0.1) is 11.8 Å². The third-order valence-electron chi connectivity index (χ3n) is 3.29. The summed E-state index contributed by atoms with van der Waals surface area (Å²) in [4.78, 5) is 16.1. The number of aromatic nitrogens is 1. The van der Waals surface area contributed by atoms with E-state index in [0.29, 0.717) is 12.5 Å². The Morgan fingerprint density at radius 2 is 2.35 bits per heavy atom. The van der Waals surface area contributed by atoms with Crippen molar-refractivity contribution in [3.8, 4) is 0 Å². The molecule has 2 atom stereocenters. The number of hydrogen-bond acceptors (Lipinski definition) is 3. The van der Waals surface area contributed by atoms with Crippen LogP contribution in [0.25, 0.3) is 0 Å². The van der Waals surface area contributed by atoms with E-state index in [1.165, 1.54) is 0 Å². The first-order valence-corrected chi connectivity index (χ1v) is 6.62. The van der Waals surface area contributed by atoms with Gasteiger partial charge in [-0.15, -0.1) is 0 Å². The van der Waals surface area contributed by atoms with E-state index in [0.717, 1.165) is 29.6 Å². The molecule has 17 heavy (non-hydrogen) atoms. The highest BCUT2D eigenvalue weighted by atomic mass is 79.9. The highest BCUT2D eigenvalue weighted by molar-refractivity contribution is 9.10. The van der Waals surface area contributed by atoms with Crippen LogP contribution in [0.3, 0.4) is 0 Å². The number of pyridine rings is 1. The SMILES string of the molecule is NCC1CCCC1C(=O)Nc1ccc(Br)nc1. The molecule has 0 aliphatic heterocycles. The van der Waals surface area contributed by atoms with Crippen LogP contribution in [0.15, 0.2) is 22.9 Å². The average molecular weight is 298 g/mol. The molecule has 2 unspecified atom stereocenters. The second kappa shape index (κ2) is 5.60. The van der Waals surface area contributed by atoms with E-state index in [1.54, 1.807) is 6.20 Å². The maximum absolute atomic E-state index is 12.1. The molecule has 5 heteroatoms. The van der Waals surface area contributed by atoms with Crippen molar-refractivity contribution in [2.45, 2.75) is 19.3 Å². The van der Waals surface area contributed by atoms with Crippen LogP contribution >= 0.6 is 15.9 Å². The van der Waals surface area contributed by atoms with Gasteiger partial charge in [0.15, 0.2) is 0 Å². The quantitative estimate of drug-likeness (QED) is 0.840. The molecule has 0 saturated heterocycles. The molecule has 1 amide bonds. The van der Waals surface area contributed by atoms with Crippen LogP contribution in [-0.2, 0) is 4.79 Å². The fraction of sp³-hybridized carbons (Fsp3) is 0.500. The number of hydrogen-bond donors (Lipinski definition) is 2. The summed E-state index contributed by atoms with van der Waals surface area (Å²) in [5.74, 6) is 0.462. The first-order valence-electron chi connectivity index (χ1n) is 5.83. The van der Waals surface area contributed by atoms with E-state index >= 15 is 0 Å². The topological polar surface area (TPSA) is 68.0 Å². The van der Waals surface area contributed by atoms with Crippen molar-refractivity contribution in [2.24, 2.45) is 17.6 Å². The Kier molecular flexibility index (Phi) is 4.12. The van der Waals surface area contributed by atoms with Crippen molar-refractivity contribution in [3.63, 3.8) is 0 Å². The van der Waals surface area contributed by atoms with E-state index in [4.69, 9.17) is 5.73 Å². The van der Waals surface area contributed by atoms with Crippen LogP contribution in [0.1, 0.15) is 19.3 Å². The Morgan fingerprint density at radius 1 is 1.53 bits per heavy atom. The van der Waals surface area contributed by atoms with Gasteiger partial charge in [-0.25, -0.2) is 4.98 Å². The minimum absolute atomic E-state index is 0.0589. The summed E-state index contributed by atoms with van der Waals surface area (Å²) >= 11 is 3.26. The molecule has 0 radical (unpaired) electrons. The Morgan fingerprint density at radius 3 is 3.00 bits per heavy atom. The van der Waals surface area contributed by atoms with Gasteiger partial charge >= 0.3 is 0 Å². The lowest BCUT2D eigenvalue weighted by atomic mass is 9.95. The molecule has 1 saturated carbocycles. The first-order chi connectivity index (χ1) is 8.20. The van der Waals surface area contributed by atoms with Crippen molar-refractivity contribution in [2.75, 3.05) is 11.9 Å². The molecule has 4 nitrogen and oxygen atoms in total.